The predicted molar refractivity (Wildman–Crippen MR) is 218 cm³/mol. The number of nitrogens with zero attached hydrogens (tertiary/aromatic N) is 3. The van der Waals surface area contributed by atoms with E-state index in [1.807, 2.05) is 12.3 Å². The molecular formula is C49H29N3. The summed E-state index contributed by atoms with van der Waals surface area (Å²) in [4.78, 5) is 15.3. The highest BCUT2D eigenvalue weighted by Gasteiger charge is 2.16. The molecule has 0 saturated heterocycles. The molecule has 0 aliphatic carbocycles. The second-order valence-electron chi connectivity index (χ2n) is 13.6. The van der Waals surface area contributed by atoms with E-state index < -0.39 is 0 Å². The van der Waals surface area contributed by atoms with Gasteiger partial charge in [0.05, 0.1) is 27.9 Å². The van der Waals surface area contributed by atoms with Crippen LogP contribution in [0.25, 0.3) is 110 Å². The van der Waals surface area contributed by atoms with Gasteiger partial charge in [-0.15, -0.1) is 0 Å². The van der Waals surface area contributed by atoms with E-state index in [9.17, 15) is 0 Å². The van der Waals surface area contributed by atoms with E-state index >= 15 is 0 Å². The Hall–Kier alpha value is -6.97. The third-order valence-electron chi connectivity index (χ3n) is 10.7. The van der Waals surface area contributed by atoms with Gasteiger partial charge in [0.15, 0.2) is 0 Å². The lowest BCUT2D eigenvalue weighted by Crippen LogP contribution is -1.93. The van der Waals surface area contributed by atoms with Crippen LogP contribution in [-0.4, -0.2) is 15.0 Å². The van der Waals surface area contributed by atoms with Crippen molar-refractivity contribution >= 4 is 65.0 Å². The Bertz CT molecular complexity index is 3160. The Morgan fingerprint density at radius 3 is 1.58 bits per heavy atom. The van der Waals surface area contributed by atoms with Gasteiger partial charge in [-0.1, -0.05) is 152 Å². The molecule has 8 aromatic carbocycles. The van der Waals surface area contributed by atoms with Gasteiger partial charge < -0.3 is 0 Å². The van der Waals surface area contributed by atoms with Crippen LogP contribution in [0.2, 0.25) is 0 Å². The van der Waals surface area contributed by atoms with Crippen LogP contribution in [0.15, 0.2) is 176 Å². The summed E-state index contributed by atoms with van der Waals surface area (Å²) in [5.74, 6) is 0. The van der Waals surface area contributed by atoms with Crippen molar-refractivity contribution in [2.75, 3.05) is 0 Å². The molecule has 52 heavy (non-hydrogen) atoms. The highest BCUT2D eigenvalue weighted by atomic mass is 14.8. The van der Waals surface area contributed by atoms with Crippen LogP contribution in [-0.2, 0) is 0 Å². The number of hydrogen-bond donors (Lipinski definition) is 0. The highest BCUT2D eigenvalue weighted by Crippen LogP contribution is 2.42. The maximum Gasteiger partial charge on any atom is 0.0972 e. The second kappa shape index (κ2) is 11.3. The van der Waals surface area contributed by atoms with Crippen molar-refractivity contribution in [3.63, 3.8) is 0 Å². The first-order valence-corrected chi connectivity index (χ1v) is 17.7. The number of pyridine rings is 3. The maximum atomic E-state index is 5.37. The Labute approximate surface area is 299 Å². The van der Waals surface area contributed by atoms with E-state index in [0.717, 1.165) is 66.4 Å². The Morgan fingerprint density at radius 1 is 0.288 bits per heavy atom. The third-order valence-corrected chi connectivity index (χ3v) is 10.7. The maximum absolute atomic E-state index is 5.37. The first-order valence-electron chi connectivity index (χ1n) is 17.7. The third kappa shape index (κ3) is 4.43. The summed E-state index contributed by atoms with van der Waals surface area (Å²) in [6, 6.07) is 60.7. The molecule has 0 N–H and O–H groups in total. The molecule has 0 bridgehead atoms. The molecule has 0 radical (unpaired) electrons. The minimum absolute atomic E-state index is 0.907. The molecule has 0 amide bonds. The van der Waals surface area contributed by atoms with Gasteiger partial charge in [-0.3, -0.25) is 4.98 Å². The number of rotatable bonds is 4. The van der Waals surface area contributed by atoms with Crippen LogP contribution >= 0.6 is 0 Å². The minimum Gasteiger partial charge on any atom is -0.256 e. The molecular weight excluding hydrogens is 631 g/mol. The molecule has 0 atom stereocenters. The molecule has 11 rings (SSSR count). The quantitative estimate of drug-likeness (QED) is 0.177. The van der Waals surface area contributed by atoms with Crippen molar-refractivity contribution in [1.82, 2.24) is 15.0 Å². The summed E-state index contributed by atoms with van der Waals surface area (Å²) in [5.41, 5.74) is 11.6. The van der Waals surface area contributed by atoms with Gasteiger partial charge in [0.2, 0.25) is 0 Å². The fourth-order valence-corrected chi connectivity index (χ4v) is 8.13. The molecule has 0 aliphatic heterocycles. The Morgan fingerprint density at radius 2 is 0.827 bits per heavy atom. The summed E-state index contributed by atoms with van der Waals surface area (Å²) in [7, 11) is 0. The molecule has 0 spiro atoms. The van der Waals surface area contributed by atoms with Gasteiger partial charge in [-0.25, -0.2) is 9.97 Å². The molecule has 240 valence electrons. The average molecular weight is 660 g/mol. The Kier molecular flexibility index (Phi) is 6.25. The first-order chi connectivity index (χ1) is 25.8. The molecule has 0 aliphatic rings. The molecule has 3 heterocycles. The topological polar surface area (TPSA) is 38.7 Å². The molecule has 11 aromatic rings. The summed E-state index contributed by atoms with van der Waals surface area (Å²) in [6.07, 6.45) is 1.86. The van der Waals surface area contributed by atoms with Crippen LogP contribution in [0.3, 0.4) is 0 Å². The van der Waals surface area contributed by atoms with E-state index in [-0.39, 0.29) is 0 Å². The van der Waals surface area contributed by atoms with Crippen molar-refractivity contribution in [3.8, 4) is 44.8 Å². The zero-order valence-electron chi connectivity index (χ0n) is 28.1. The lowest BCUT2D eigenvalue weighted by atomic mass is 9.88. The minimum atomic E-state index is 0.907. The van der Waals surface area contributed by atoms with Crippen LogP contribution in [0.4, 0.5) is 0 Å². The fourth-order valence-electron chi connectivity index (χ4n) is 8.13. The van der Waals surface area contributed by atoms with E-state index in [1.54, 1.807) is 0 Å². The summed E-state index contributed by atoms with van der Waals surface area (Å²) < 4.78 is 0. The van der Waals surface area contributed by atoms with E-state index in [4.69, 9.17) is 9.97 Å². The van der Waals surface area contributed by atoms with Crippen molar-refractivity contribution in [3.05, 3.63) is 176 Å². The van der Waals surface area contributed by atoms with Crippen LogP contribution in [0.5, 0.6) is 0 Å². The smallest absolute Gasteiger partial charge is 0.0972 e. The van der Waals surface area contributed by atoms with Crippen LogP contribution in [0, 0.1) is 0 Å². The van der Waals surface area contributed by atoms with E-state index in [2.05, 4.69) is 169 Å². The van der Waals surface area contributed by atoms with Crippen molar-refractivity contribution in [2.45, 2.75) is 0 Å². The van der Waals surface area contributed by atoms with Gasteiger partial charge in [0.25, 0.3) is 0 Å². The summed E-state index contributed by atoms with van der Waals surface area (Å²) >= 11 is 0. The normalized spacial score (nSPS) is 11.8. The average Bonchev–Trinajstić information content (AvgIpc) is 3.22. The number of aromatic nitrogens is 3. The molecule has 3 heteroatoms. The van der Waals surface area contributed by atoms with Gasteiger partial charge in [-0.2, -0.15) is 0 Å². The molecule has 0 fully saturated rings. The lowest BCUT2D eigenvalue weighted by Gasteiger charge is -2.16. The Balaban J connectivity index is 1.04. The fraction of sp³-hybridized carbons (Fsp3) is 0. The molecule has 0 saturated carbocycles. The predicted octanol–water partition coefficient (Wildman–Crippen LogP) is 12.9. The zero-order chi connectivity index (χ0) is 34.2. The van der Waals surface area contributed by atoms with Gasteiger partial charge in [0.1, 0.15) is 0 Å². The van der Waals surface area contributed by atoms with Crippen LogP contribution < -0.4 is 0 Å². The van der Waals surface area contributed by atoms with Crippen molar-refractivity contribution in [2.24, 2.45) is 0 Å². The second-order valence-corrected chi connectivity index (χ2v) is 13.6. The molecule has 3 nitrogen and oxygen atoms in total. The number of hydrogen-bond acceptors (Lipinski definition) is 3. The standard InChI is InChI=1S/C49H29N3/c1-2-6-30(7-3-1)38-23-17-33-20-26-42-40(24-18-34-19-25-41(38)45(33)46(34)42)44-28-22-37-16-15-36-21-27-43(51-48(36)49(37)52-44)32-13-11-31(12-14-32)39-10-4-8-35-9-5-29-50-47(35)39/h1-29H. The van der Waals surface area contributed by atoms with E-state index in [0.29, 0.717) is 0 Å². The number of fused-ring (bicyclic) bond motifs is 4. The largest absolute Gasteiger partial charge is 0.256 e. The van der Waals surface area contributed by atoms with Crippen molar-refractivity contribution in [1.29, 1.82) is 0 Å². The molecule has 3 aromatic heterocycles. The van der Waals surface area contributed by atoms with Gasteiger partial charge in [-0.05, 0) is 67.2 Å². The number of benzene rings is 8. The summed E-state index contributed by atoms with van der Waals surface area (Å²) in [6.45, 7) is 0. The first kappa shape index (κ1) is 28.8. The van der Waals surface area contributed by atoms with E-state index in [1.165, 1.54) is 43.4 Å². The number of para-hydroxylation sites is 1. The van der Waals surface area contributed by atoms with Gasteiger partial charge in [0, 0.05) is 39.0 Å². The SMILES string of the molecule is c1ccc(-c2ccc3ccc4c(-c5ccc6ccc7ccc(-c8ccc(-c9cccc%10cccnc9%10)cc8)nc7c6n5)ccc5ccc2c3c54)cc1. The molecule has 0 unspecified atom stereocenters. The summed E-state index contributed by atoms with van der Waals surface area (Å²) in [5, 5.41) is 10.8. The lowest BCUT2D eigenvalue weighted by molar-refractivity contribution is 1.37. The van der Waals surface area contributed by atoms with Gasteiger partial charge >= 0.3 is 0 Å². The monoisotopic (exact) mass is 659 g/mol. The van der Waals surface area contributed by atoms with Crippen LogP contribution in [0.1, 0.15) is 0 Å². The zero-order valence-corrected chi connectivity index (χ0v) is 28.1. The highest BCUT2D eigenvalue weighted by molar-refractivity contribution is 6.27. The van der Waals surface area contributed by atoms with Crippen molar-refractivity contribution < 1.29 is 0 Å².